The molecule has 0 unspecified atom stereocenters. The van der Waals surface area contributed by atoms with Crippen molar-refractivity contribution in [2.45, 2.75) is 18.0 Å². The maximum Gasteiger partial charge on any atom is 0.251 e. The van der Waals surface area contributed by atoms with Gasteiger partial charge in [0, 0.05) is 19.2 Å². The number of amides is 1. The average molecular weight is 420 g/mol. The second kappa shape index (κ2) is 8.54. The lowest BCUT2D eigenvalue weighted by molar-refractivity contribution is 0.0963. The van der Waals surface area contributed by atoms with Crippen LogP contribution in [-0.2, 0) is 23.1 Å². The number of nitrogens with zero attached hydrogens (tertiary/aromatic N) is 1. The fourth-order valence-electron chi connectivity index (χ4n) is 2.70. The summed E-state index contributed by atoms with van der Waals surface area (Å²) in [6, 6.07) is 12.1. The van der Waals surface area contributed by atoms with Crippen LogP contribution in [-0.4, -0.2) is 25.7 Å². The van der Waals surface area contributed by atoms with Crippen molar-refractivity contribution in [1.82, 2.24) is 9.62 Å². The molecule has 0 aliphatic heterocycles. The summed E-state index contributed by atoms with van der Waals surface area (Å²) in [5, 5.41) is 2.50. The quantitative estimate of drug-likeness (QED) is 0.636. The van der Waals surface area contributed by atoms with Gasteiger partial charge in [-0.25, -0.2) is 17.2 Å². The Labute approximate surface area is 166 Å². The Bertz CT molecular complexity index is 1100. The maximum absolute atomic E-state index is 13.6. The van der Waals surface area contributed by atoms with Gasteiger partial charge in [-0.3, -0.25) is 4.79 Å². The molecule has 0 saturated heterocycles. The van der Waals surface area contributed by atoms with Crippen LogP contribution in [0.5, 0.6) is 0 Å². The van der Waals surface area contributed by atoms with E-state index in [-0.39, 0.29) is 23.9 Å². The van der Waals surface area contributed by atoms with Gasteiger partial charge < -0.3 is 9.73 Å². The number of sulfonamides is 1. The highest BCUT2D eigenvalue weighted by Crippen LogP contribution is 2.23. The zero-order chi connectivity index (χ0) is 21.0. The van der Waals surface area contributed by atoms with E-state index in [2.05, 4.69) is 5.32 Å². The van der Waals surface area contributed by atoms with Crippen LogP contribution in [0.2, 0.25) is 0 Å². The van der Waals surface area contributed by atoms with Crippen LogP contribution in [0.3, 0.4) is 0 Å². The minimum Gasteiger partial charge on any atom is -0.468 e. The minimum absolute atomic E-state index is 0.0595. The third-order valence-electron chi connectivity index (χ3n) is 4.24. The Hall–Kier alpha value is -3.04. The molecule has 9 heteroatoms. The summed E-state index contributed by atoms with van der Waals surface area (Å²) in [6.45, 7) is -0.165. The van der Waals surface area contributed by atoms with Gasteiger partial charge in [0.15, 0.2) is 11.6 Å². The highest BCUT2D eigenvalue weighted by atomic mass is 32.2. The monoisotopic (exact) mass is 420 g/mol. The molecule has 1 N–H and O–H groups in total. The first-order valence-electron chi connectivity index (χ1n) is 8.60. The summed E-state index contributed by atoms with van der Waals surface area (Å²) in [6.07, 6.45) is 1.41. The molecule has 1 aromatic heterocycles. The van der Waals surface area contributed by atoms with Crippen LogP contribution in [0.1, 0.15) is 21.7 Å². The molecule has 0 saturated carbocycles. The zero-order valence-corrected chi connectivity index (χ0v) is 16.2. The van der Waals surface area contributed by atoms with E-state index in [1.165, 1.54) is 13.3 Å². The fraction of sp³-hybridized carbons (Fsp3) is 0.150. The molecule has 6 nitrogen and oxygen atoms in total. The number of carbonyl (C=O) groups excluding carboxylic acids is 1. The summed E-state index contributed by atoms with van der Waals surface area (Å²) in [4.78, 5) is 11.3. The minimum atomic E-state index is -4.16. The maximum atomic E-state index is 13.6. The Morgan fingerprint density at radius 3 is 2.34 bits per heavy atom. The molecule has 0 spiro atoms. The Kier molecular flexibility index (Phi) is 6.09. The van der Waals surface area contributed by atoms with Gasteiger partial charge in [0.25, 0.3) is 5.91 Å². The number of hydrogen-bond donors (Lipinski definition) is 1. The van der Waals surface area contributed by atoms with Gasteiger partial charge in [-0.15, -0.1) is 0 Å². The van der Waals surface area contributed by atoms with Crippen molar-refractivity contribution >= 4 is 15.9 Å². The van der Waals surface area contributed by atoms with Gasteiger partial charge in [-0.05, 0) is 48.0 Å². The van der Waals surface area contributed by atoms with Crippen molar-refractivity contribution in [3.05, 3.63) is 89.4 Å². The first-order valence-corrected chi connectivity index (χ1v) is 10.0. The Balaban J connectivity index is 1.93. The van der Waals surface area contributed by atoms with Crippen LogP contribution in [0.15, 0.2) is 70.2 Å². The lowest BCUT2D eigenvalue weighted by Gasteiger charge is -2.21. The van der Waals surface area contributed by atoms with Crippen LogP contribution >= 0.6 is 0 Å². The molecular weight excluding hydrogens is 402 g/mol. The first kappa shape index (κ1) is 20.7. The molecule has 0 atom stereocenters. The van der Waals surface area contributed by atoms with E-state index in [4.69, 9.17) is 4.42 Å². The molecule has 152 valence electrons. The smallest absolute Gasteiger partial charge is 0.251 e. The van der Waals surface area contributed by atoms with Crippen molar-refractivity contribution in [3.8, 4) is 0 Å². The molecule has 0 aliphatic rings. The van der Waals surface area contributed by atoms with Gasteiger partial charge in [0.1, 0.15) is 5.76 Å². The van der Waals surface area contributed by atoms with E-state index in [9.17, 15) is 22.0 Å². The molecule has 0 fully saturated rings. The van der Waals surface area contributed by atoms with Crippen LogP contribution in [0.25, 0.3) is 0 Å². The van der Waals surface area contributed by atoms with E-state index in [1.807, 2.05) is 0 Å². The number of nitrogens with one attached hydrogen (secondary N) is 1. The Morgan fingerprint density at radius 2 is 1.76 bits per heavy atom. The summed E-state index contributed by atoms with van der Waals surface area (Å²) in [7, 11) is -2.65. The molecule has 0 aliphatic carbocycles. The number of carbonyl (C=O) groups is 1. The Morgan fingerprint density at radius 1 is 1.03 bits per heavy atom. The molecular formula is C20H18F2N2O4S. The van der Waals surface area contributed by atoms with Crippen molar-refractivity contribution in [2.24, 2.45) is 0 Å². The first-order chi connectivity index (χ1) is 13.8. The number of benzene rings is 2. The van der Waals surface area contributed by atoms with E-state index in [1.54, 1.807) is 36.4 Å². The summed E-state index contributed by atoms with van der Waals surface area (Å²) < 4.78 is 59.4. The third-order valence-corrected chi connectivity index (χ3v) is 6.03. The van der Waals surface area contributed by atoms with Crippen molar-refractivity contribution < 1.29 is 26.4 Å². The van der Waals surface area contributed by atoms with Gasteiger partial charge >= 0.3 is 0 Å². The van der Waals surface area contributed by atoms with Gasteiger partial charge in [0.2, 0.25) is 10.0 Å². The SMILES string of the molecule is CNC(=O)c1ccc(CN(Cc2ccco2)S(=O)(=O)c2ccc(F)c(F)c2)cc1. The standard InChI is InChI=1S/C20H18F2N2O4S/c1-23-20(25)15-6-4-14(5-7-15)12-24(13-16-3-2-10-28-16)29(26,27)17-8-9-18(21)19(22)11-17/h2-11H,12-13H2,1H3,(H,23,25). The average Bonchev–Trinajstić information content (AvgIpc) is 3.22. The summed E-state index contributed by atoms with van der Waals surface area (Å²) in [5.41, 5.74) is 1.03. The van der Waals surface area contributed by atoms with Gasteiger partial charge in [-0.2, -0.15) is 4.31 Å². The number of furan rings is 1. The fourth-order valence-corrected chi connectivity index (χ4v) is 4.10. The molecule has 29 heavy (non-hydrogen) atoms. The van der Waals surface area contributed by atoms with Crippen LogP contribution < -0.4 is 5.32 Å². The number of halogens is 2. The van der Waals surface area contributed by atoms with E-state index >= 15 is 0 Å². The lowest BCUT2D eigenvalue weighted by atomic mass is 10.1. The van der Waals surface area contributed by atoms with Crippen molar-refractivity contribution in [2.75, 3.05) is 7.05 Å². The topological polar surface area (TPSA) is 79.6 Å². The van der Waals surface area contributed by atoms with Crippen LogP contribution in [0.4, 0.5) is 8.78 Å². The molecule has 1 heterocycles. The molecule has 3 rings (SSSR count). The largest absolute Gasteiger partial charge is 0.468 e. The number of hydrogen-bond acceptors (Lipinski definition) is 4. The van der Waals surface area contributed by atoms with Gasteiger partial charge in [-0.1, -0.05) is 12.1 Å². The molecule has 3 aromatic rings. The van der Waals surface area contributed by atoms with Gasteiger partial charge in [0.05, 0.1) is 17.7 Å². The van der Waals surface area contributed by atoms with Crippen molar-refractivity contribution in [1.29, 1.82) is 0 Å². The highest BCUT2D eigenvalue weighted by molar-refractivity contribution is 7.89. The van der Waals surface area contributed by atoms with E-state index in [0.717, 1.165) is 16.4 Å². The van der Waals surface area contributed by atoms with Crippen LogP contribution in [0, 0.1) is 11.6 Å². The second-order valence-electron chi connectivity index (χ2n) is 6.20. The van der Waals surface area contributed by atoms with Crippen molar-refractivity contribution in [3.63, 3.8) is 0 Å². The zero-order valence-electron chi connectivity index (χ0n) is 15.4. The predicted octanol–water partition coefficient (Wildman–Crippen LogP) is 3.31. The summed E-state index contributed by atoms with van der Waals surface area (Å²) >= 11 is 0. The molecule has 0 bridgehead atoms. The third kappa shape index (κ3) is 4.69. The number of rotatable bonds is 7. The normalized spacial score (nSPS) is 11.6. The second-order valence-corrected chi connectivity index (χ2v) is 8.14. The molecule has 1 amide bonds. The summed E-state index contributed by atoms with van der Waals surface area (Å²) in [5.74, 6) is -2.26. The highest BCUT2D eigenvalue weighted by Gasteiger charge is 2.27. The molecule has 0 radical (unpaired) electrons. The lowest BCUT2D eigenvalue weighted by Crippen LogP contribution is -2.30. The molecule has 2 aromatic carbocycles. The van der Waals surface area contributed by atoms with E-state index in [0.29, 0.717) is 23.0 Å². The van der Waals surface area contributed by atoms with E-state index < -0.39 is 21.7 Å². The predicted molar refractivity (Wildman–Crippen MR) is 101 cm³/mol.